The monoisotopic (exact) mass is 476 g/mol. The molecule has 0 bridgehead atoms. The van der Waals surface area contributed by atoms with Gasteiger partial charge in [0.15, 0.2) is 5.65 Å². The first-order valence-corrected chi connectivity index (χ1v) is 11.5. The average Bonchev–Trinajstić information content (AvgIpc) is 3.46. The van der Waals surface area contributed by atoms with Crippen LogP contribution in [0.4, 0.5) is 5.82 Å². The van der Waals surface area contributed by atoms with Gasteiger partial charge < -0.3 is 24.8 Å². The third-order valence-electron chi connectivity index (χ3n) is 6.53. The Balaban J connectivity index is 1.52. The lowest BCUT2D eigenvalue weighted by Crippen LogP contribution is -2.51. The van der Waals surface area contributed by atoms with Crippen molar-refractivity contribution >= 4 is 23.3 Å². The van der Waals surface area contributed by atoms with Gasteiger partial charge >= 0.3 is 0 Å². The van der Waals surface area contributed by atoms with Gasteiger partial charge in [0.2, 0.25) is 5.91 Å². The summed E-state index contributed by atoms with van der Waals surface area (Å²) in [6, 6.07) is 5.69. The molecule has 0 aromatic carbocycles. The van der Waals surface area contributed by atoms with E-state index >= 15 is 0 Å². The Morgan fingerprint density at radius 1 is 1.23 bits per heavy atom. The molecule has 0 spiro atoms. The first-order valence-electron chi connectivity index (χ1n) is 11.5. The molecule has 1 aliphatic carbocycles. The fourth-order valence-electron chi connectivity index (χ4n) is 4.31. The zero-order valence-corrected chi connectivity index (χ0v) is 20.1. The van der Waals surface area contributed by atoms with E-state index in [2.05, 4.69) is 20.7 Å². The maximum absolute atomic E-state index is 13.1. The highest BCUT2D eigenvalue weighted by Crippen LogP contribution is 2.34. The van der Waals surface area contributed by atoms with Crippen molar-refractivity contribution in [2.45, 2.75) is 31.5 Å². The van der Waals surface area contributed by atoms with Crippen LogP contribution in [-0.2, 0) is 16.1 Å². The number of carbonyl (C=O) groups is 2. The smallest absolute Gasteiger partial charge is 0.257 e. The molecule has 1 saturated carbocycles. The zero-order valence-electron chi connectivity index (χ0n) is 20.1. The number of ether oxygens (including phenoxy) is 1. The van der Waals surface area contributed by atoms with Crippen LogP contribution >= 0.6 is 0 Å². The fourth-order valence-corrected chi connectivity index (χ4v) is 4.31. The summed E-state index contributed by atoms with van der Waals surface area (Å²) in [6.07, 6.45) is 6.96. The summed E-state index contributed by atoms with van der Waals surface area (Å²) in [4.78, 5) is 36.3. The van der Waals surface area contributed by atoms with Gasteiger partial charge in [-0.15, -0.1) is 0 Å². The molecule has 2 aliphatic heterocycles. The molecule has 5 rings (SSSR count). The summed E-state index contributed by atoms with van der Waals surface area (Å²) in [7, 11) is 6.90. The molecule has 11 nitrogen and oxygen atoms in total. The maximum atomic E-state index is 13.1. The highest BCUT2D eigenvalue weighted by Gasteiger charge is 2.33. The Hall–Kier alpha value is -3.99. The molecular formula is C24H28N8O3. The number of anilines is 1. The molecule has 1 fully saturated rings. The van der Waals surface area contributed by atoms with Gasteiger partial charge in [0, 0.05) is 57.8 Å². The number of methoxy groups -OCH3 is 1. The van der Waals surface area contributed by atoms with Gasteiger partial charge in [0.05, 0.1) is 24.0 Å². The first-order chi connectivity index (χ1) is 16.9. The number of pyridine rings is 1. The molecule has 2 aromatic heterocycles. The summed E-state index contributed by atoms with van der Waals surface area (Å²) < 4.78 is 8.84. The molecule has 0 saturated heterocycles. The van der Waals surface area contributed by atoms with Gasteiger partial charge in [-0.3, -0.25) is 9.59 Å². The molecule has 1 unspecified atom stereocenters. The number of likely N-dealkylation sites (N-methyl/N-ethyl adjacent to an activating group) is 1. The zero-order chi connectivity index (χ0) is 24.7. The second-order valence-corrected chi connectivity index (χ2v) is 8.84. The van der Waals surface area contributed by atoms with E-state index in [1.165, 1.54) is 6.20 Å². The van der Waals surface area contributed by atoms with Crippen molar-refractivity contribution in [2.75, 3.05) is 33.6 Å². The Morgan fingerprint density at radius 3 is 2.74 bits per heavy atom. The number of nitrogens with zero attached hydrogens (tertiary/aromatic N) is 6. The summed E-state index contributed by atoms with van der Waals surface area (Å²) in [5.74, 6) is 1.11. The molecule has 2 aromatic rings. The van der Waals surface area contributed by atoms with E-state index in [-0.39, 0.29) is 30.5 Å². The van der Waals surface area contributed by atoms with Crippen LogP contribution in [0.2, 0.25) is 0 Å². The average molecular weight is 477 g/mol. The quantitative estimate of drug-likeness (QED) is 0.417. The summed E-state index contributed by atoms with van der Waals surface area (Å²) in [6.45, 7) is 0.186. The number of amides is 2. The van der Waals surface area contributed by atoms with Crippen molar-refractivity contribution in [2.24, 2.45) is 0 Å². The number of carbonyl (C=O) groups excluding carboxylic acids is 2. The van der Waals surface area contributed by atoms with E-state index in [0.29, 0.717) is 28.5 Å². The lowest BCUT2D eigenvalue weighted by molar-refractivity contribution is -0.129. The minimum absolute atomic E-state index is 0.0158. The van der Waals surface area contributed by atoms with E-state index in [1.807, 2.05) is 29.0 Å². The lowest BCUT2D eigenvalue weighted by Gasteiger charge is -2.35. The van der Waals surface area contributed by atoms with Crippen LogP contribution in [0, 0.1) is 0 Å². The van der Waals surface area contributed by atoms with Gasteiger partial charge in [0.1, 0.15) is 23.8 Å². The SMILES string of the molecule is CNc1cc(-c2cnc3n(CC(=O)N(C)C)cccc2-3)nc2c(C(=O)NC3CC[C@@H]3OC)cnn12. The van der Waals surface area contributed by atoms with E-state index in [1.54, 1.807) is 43.9 Å². The van der Waals surface area contributed by atoms with Crippen molar-refractivity contribution in [3.63, 3.8) is 0 Å². The van der Waals surface area contributed by atoms with E-state index in [0.717, 1.165) is 24.0 Å². The van der Waals surface area contributed by atoms with Crippen LogP contribution in [0.1, 0.15) is 23.2 Å². The van der Waals surface area contributed by atoms with Gasteiger partial charge in [0.25, 0.3) is 5.91 Å². The summed E-state index contributed by atoms with van der Waals surface area (Å²) in [5.41, 5.74) is 3.14. The Morgan fingerprint density at radius 2 is 2.06 bits per heavy atom. The topological polar surface area (TPSA) is 119 Å². The number of nitrogens with one attached hydrogen (secondary N) is 2. The molecule has 0 radical (unpaired) electrons. The molecule has 4 heterocycles. The number of fused-ring (bicyclic) bond motifs is 2. The molecule has 35 heavy (non-hydrogen) atoms. The fraction of sp³-hybridized carbons (Fsp3) is 0.375. The second-order valence-electron chi connectivity index (χ2n) is 8.84. The van der Waals surface area contributed by atoms with Gasteiger partial charge in [-0.2, -0.15) is 9.61 Å². The highest BCUT2D eigenvalue weighted by molar-refractivity contribution is 6.00. The summed E-state index contributed by atoms with van der Waals surface area (Å²) in [5, 5.41) is 10.6. The van der Waals surface area contributed by atoms with Crippen LogP contribution in [-0.4, -0.2) is 81.3 Å². The van der Waals surface area contributed by atoms with Crippen molar-refractivity contribution in [3.8, 4) is 22.6 Å². The Kier molecular flexibility index (Phi) is 5.85. The maximum Gasteiger partial charge on any atom is 0.257 e. The minimum atomic E-state index is -0.232. The predicted octanol–water partition coefficient (Wildman–Crippen LogP) is 1.73. The first kappa shape index (κ1) is 22.8. The van der Waals surface area contributed by atoms with E-state index < -0.39 is 0 Å². The van der Waals surface area contributed by atoms with Crippen LogP contribution in [0.25, 0.3) is 28.3 Å². The summed E-state index contributed by atoms with van der Waals surface area (Å²) >= 11 is 0. The number of rotatable bonds is 7. The largest absolute Gasteiger partial charge is 0.379 e. The van der Waals surface area contributed by atoms with E-state index in [4.69, 9.17) is 9.72 Å². The normalized spacial score (nSPS) is 17.4. The van der Waals surface area contributed by atoms with Crippen molar-refractivity contribution in [1.82, 2.24) is 34.4 Å². The highest BCUT2D eigenvalue weighted by atomic mass is 16.5. The van der Waals surface area contributed by atoms with Crippen molar-refractivity contribution < 1.29 is 14.3 Å². The molecular weight excluding hydrogens is 448 g/mol. The Labute approximate surface area is 202 Å². The third-order valence-corrected chi connectivity index (χ3v) is 6.53. The molecule has 11 heteroatoms. The molecule has 2 N–H and O–H groups in total. The van der Waals surface area contributed by atoms with Gasteiger partial charge in [-0.1, -0.05) is 0 Å². The predicted molar refractivity (Wildman–Crippen MR) is 130 cm³/mol. The van der Waals surface area contributed by atoms with Gasteiger partial charge in [-0.25, -0.2) is 9.97 Å². The van der Waals surface area contributed by atoms with E-state index in [9.17, 15) is 9.59 Å². The van der Waals surface area contributed by atoms with Crippen LogP contribution in [0.3, 0.4) is 0 Å². The standard InChI is InChI=1S/C24H28N8O3/c1-25-20-10-18(15-11-26-22-14(15)6-5-9-31(22)13-21(33)30(2)3)28-23-16(12-27-32(20)23)24(34)29-17-7-8-19(17)35-4/h5-6,9-12,17,19,25H,7-8,13H2,1-4H3,(H,29,34)/t17?,19-/m0/s1. The van der Waals surface area contributed by atoms with Crippen molar-refractivity contribution in [3.05, 3.63) is 42.4 Å². The van der Waals surface area contributed by atoms with Crippen molar-refractivity contribution in [1.29, 1.82) is 0 Å². The Bertz CT molecular complexity index is 1370. The second kappa shape index (κ2) is 8.99. The van der Waals surface area contributed by atoms with Crippen LogP contribution in [0.5, 0.6) is 0 Å². The number of hydrogen-bond donors (Lipinski definition) is 2. The third kappa shape index (κ3) is 3.97. The lowest BCUT2D eigenvalue weighted by atomic mass is 9.89. The molecule has 2 amide bonds. The van der Waals surface area contributed by atoms with Crippen LogP contribution in [0.15, 0.2) is 36.8 Å². The minimum Gasteiger partial charge on any atom is -0.379 e. The number of aromatic nitrogens is 5. The molecule has 182 valence electrons. The van der Waals surface area contributed by atoms with Gasteiger partial charge in [-0.05, 0) is 25.0 Å². The number of hydrogen-bond acceptors (Lipinski definition) is 7. The van der Waals surface area contributed by atoms with Crippen LogP contribution < -0.4 is 10.6 Å². The molecule has 3 aliphatic rings. The molecule has 2 atom stereocenters.